The fourth-order valence-corrected chi connectivity index (χ4v) is 4.09. The molecule has 168 valence electrons. The van der Waals surface area contributed by atoms with Gasteiger partial charge in [0, 0.05) is 25.4 Å². The molecule has 1 unspecified atom stereocenters. The third-order valence-electron chi connectivity index (χ3n) is 5.76. The number of benzene rings is 1. The standard InChI is InChI=1S/C18H22F3N3O.C4H5NO/c1-24-16(13-3-2-4-14(9-13)18(19,20)21)10-22-17(24)12-5-7-15(8-6-12)23-11-25;1-4-2-3-6-5-4/h2-4,9-12,15,17,22H,5-8H2,1H3,(H,23,25);2-3H,1H3. The van der Waals surface area contributed by atoms with Gasteiger partial charge in [0.25, 0.3) is 0 Å². The minimum absolute atomic E-state index is 0.0710. The van der Waals surface area contributed by atoms with Crippen molar-refractivity contribution >= 4 is 12.1 Å². The van der Waals surface area contributed by atoms with Crippen LogP contribution in [0.5, 0.6) is 0 Å². The number of aromatic nitrogens is 1. The monoisotopic (exact) mass is 436 g/mol. The highest BCUT2D eigenvalue weighted by atomic mass is 19.4. The molecule has 1 saturated carbocycles. The Hall–Kier alpha value is -2.97. The molecule has 2 N–H and O–H groups in total. The van der Waals surface area contributed by atoms with Crippen LogP contribution in [0.2, 0.25) is 0 Å². The van der Waals surface area contributed by atoms with Crippen molar-refractivity contribution in [2.75, 3.05) is 7.05 Å². The van der Waals surface area contributed by atoms with Gasteiger partial charge in [-0.3, -0.25) is 4.79 Å². The first kappa shape index (κ1) is 22.7. The zero-order valence-electron chi connectivity index (χ0n) is 17.5. The molecule has 1 amide bonds. The molecule has 1 aromatic carbocycles. The molecule has 4 rings (SSSR count). The van der Waals surface area contributed by atoms with E-state index in [1.54, 1.807) is 24.6 Å². The highest BCUT2D eigenvalue weighted by molar-refractivity contribution is 5.66. The lowest BCUT2D eigenvalue weighted by Gasteiger charge is -2.36. The van der Waals surface area contributed by atoms with E-state index in [1.165, 1.54) is 12.1 Å². The molecule has 1 fully saturated rings. The van der Waals surface area contributed by atoms with Gasteiger partial charge >= 0.3 is 6.18 Å². The molecule has 9 heteroatoms. The summed E-state index contributed by atoms with van der Waals surface area (Å²) in [5.74, 6) is 0.397. The summed E-state index contributed by atoms with van der Waals surface area (Å²) in [5, 5.41) is 9.69. The van der Waals surface area contributed by atoms with Crippen LogP contribution in [0.1, 0.15) is 42.5 Å². The maximum atomic E-state index is 12.9. The number of carbonyl (C=O) groups excluding carboxylic acids is 1. The predicted molar refractivity (Wildman–Crippen MR) is 110 cm³/mol. The number of hydrogen-bond acceptors (Lipinski definition) is 5. The van der Waals surface area contributed by atoms with E-state index in [9.17, 15) is 18.0 Å². The van der Waals surface area contributed by atoms with E-state index >= 15 is 0 Å². The van der Waals surface area contributed by atoms with E-state index < -0.39 is 11.7 Å². The summed E-state index contributed by atoms with van der Waals surface area (Å²) in [6.07, 6.45) is 3.62. The first-order chi connectivity index (χ1) is 14.8. The molecule has 1 aliphatic heterocycles. The van der Waals surface area contributed by atoms with Crippen molar-refractivity contribution in [2.24, 2.45) is 5.92 Å². The second kappa shape index (κ2) is 9.89. The third-order valence-corrected chi connectivity index (χ3v) is 5.76. The van der Waals surface area contributed by atoms with Gasteiger partial charge in [0.2, 0.25) is 6.41 Å². The second-order valence-corrected chi connectivity index (χ2v) is 7.87. The van der Waals surface area contributed by atoms with Crippen LogP contribution in [0.4, 0.5) is 13.2 Å². The van der Waals surface area contributed by atoms with Crippen molar-refractivity contribution in [2.45, 2.75) is 51.0 Å². The summed E-state index contributed by atoms with van der Waals surface area (Å²) in [7, 11) is 1.91. The van der Waals surface area contributed by atoms with Gasteiger partial charge in [0.1, 0.15) is 12.4 Å². The molecule has 2 aromatic rings. The van der Waals surface area contributed by atoms with Gasteiger partial charge in [-0.15, -0.1) is 0 Å². The highest BCUT2D eigenvalue weighted by Gasteiger charge is 2.35. The van der Waals surface area contributed by atoms with Crippen molar-refractivity contribution in [3.8, 4) is 0 Å². The molecule has 6 nitrogen and oxygen atoms in total. The van der Waals surface area contributed by atoms with Gasteiger partial charge in [0.05, 0.1) is 17.0 Å². The molecular formula is C22H27F3N4O2. The molecule has 0 bridgehead atoms. The van der Waals surface area contributed by atoms with E-state index in [2.05, 4.69) is 20.3 Å². The van der Waals surface area contributed by atoms with E-state index in [0.717, 1.165) is 49.6 Å². The third kappa shape index (κ3) is 5.80. The topological polar surface area (TPSA) is 70.4 Å². The van der Waals surface area contributed by atoms with Gasteiger partial charge in [0.15, 0.2) is 0 Å². The molecule has 1 aliphatic carbocycles. The number of rotatable bonds is 4. The summed E-state index contributed by atoms with van der Waals surface area (Å²) in [6.45, 7) is 1.88. The van der Waals surface area contributed by atoms with Crippen LogP contribution in [-0.4, -0.2) is 35.7 Å². The van der Waals surface area contributed by atoms with Gasteiger partial charge in [-0.2, -0.15) is 13.2 Å². The number of alkyl halides is 3. The van der Waals surface area contributed by atoms with Gasteiger partial charge in [-0.25, -0.2) is 0 Å². The van der Waals surface area contributed by atoms with Crippen LogP contribution in [0, 0.1) is 12.8 Å². The van der Waals surface area contributed by atoms with Crippen LogP contribution in [0.25, 0.3) is 5.70 Å². The number of halogens is 3. The maximum absolute atomic E-state index is 12.9. The van der Waals surface area contributed by atoms with Gasteiger partial charge in [-0.1, -0.05) is 17.3 Å². The summed E-state index contributed by atoms with van der Waals surface area (Å²) >= 11 is 0. The number of hydrogen-bond donors (Lipinski definition) is 2. The zero-order chi connectivity index (χ0) is 22.4. The Balaban J connectivity index is 0.000000391. The molecule has 0 spiro atoms. The number of aryl methyl sites for hydroxylation is 1. The number of amides is 1. The maximum Gasteiger partial charge on any atom is 0.416 e. The molecule has 2 aliphatic rings. The second-order valence-electron chi connectivity index (χ2n) is 7.87. The Morgan fingerprint density at radius 2 is 1.97 bits per heavy atom. The zero-order valence-corrected chi connectivity index (χ0v) is 17.5. The van der Waals surface area contributed by atoms with Gasteiger partial charge in [-0.05, 0) is 56.2 Å². The van der Waals surface area contributed by atoms with E-state index in [0.29, 0.717) is 11.5 Å². The molecule has 1 aromatic heterocycles. The van der Waals surface area contributed by atoms with Crippen molar-refractivity contribution in [1.29, 1.82) is 0 Å². The number of carbonyl (C=O) groups is 1. The molecule has 2 heterocycles. The first-order valence-corrected chi connectivity index (χ1v) is 10.2. The largest absolute Gasteiger partial charge is 0.416 e. The van der Waals surface area contributed by atoms with Crippen LogP contribution in [0.3, 0.4) is 0 Å². The molecule has 0 radical (unpaired) electrons. The summed E-state index contributed by atoms with van der Waals surface area (Å²) in [6, 6.07) is 7.46. The Morgan fingerprint density at radius 1 is 1.23 bits per heavy atom. The molecule has 0 saturated heterocycles. The van der Waals surface area contributed by atoms with Crippen LogP contribution in [0.15, 0.2) is 47.3 Å². The lowest BCUT2D eigenvalue weighted by molar-refractivity contribution is -0.137. The first-order valence-electron chi connectivity index (χ1n) is 10.2. The Labute approximate surface area is 179 Å². The Morgan fingerprint density at radius 3 is 2.52 bits per heavy atom. The normalized spacial score (nSPS) is 23.3. The van der Waals surface area contributed by atoms with Crippen molar-refractivity contribution in [3.05, 3.63) is 59.6 Å². The van der Waals surface area contributed by atoms with Crippen molar-refractivity contribution < 1.29 is 22.5 Å². The lowest BCUT2D eigenvalue weighted by Crippen LogP contribution is -2.44. The lowest BCUT2D eigenvalue weighted by atomic mass is 9.84. The predicted octanol–water partition coefficient (Wildman–Crippen LogP) is 4.15. The average Bonchev–Trinajstić information content (AvgIpc) is 3.37. The fourth-order valence-electron chi connectivity index (χ4n) is 4.09. The van der Waals surface area contributed by atoms with Crippen LogP contribution >= 0.6 is 0 Å². The Bertz CT molecular complexity index is 875. The summed E-state index contributed by atoms with van der Waals surface area (Å²) in [4.78, 5) is 12.6. The van der Waals surface area contributed by atoms with Gasteiger partial charge < -0.3 is 20.1 Å². The molecule has 1 atom stereocenters. The van der Waals surface area contributed by atoms with Crippen molar-refractivity contribution in [3.63, 3.8) is 0 Å². The van der Waals surface area contributed by atoms with E-state index in [1.807, 2.05) is 18.9 Å². The summed E-state index contributed by atoms with van der Waals surface area (Å²) < 4.78 is 43.3. The van der Waals surface area contributed by atoms with E-state index in [-0.39, 0.29) is 12.2 Å². The minimum atomic E-state index is -4.34. The summed E-state index contributed by atoms with van der Waals surface area (Å²) in [5.41, 5.74) is 1.62. The number of nitrogens with zero attached hydrogens (tertiary/aromatic N) is 2. The smallest absolute Gasteiger partial charge is 0.369 e. The highest BCUT2D eigenvalue weighted by Crippen LogP contribution is 2.36. The minimum Gasteiger partial charge on any atom is -0.369 e. The molecular weight excluding hydrogens is 409 g/mol. The van der Waals surface area contributed by atoms with Crippen LogP contribution in [-0.2, 0) is 11.0 Å². The quantitative estimate of drug-likeness (QED) is 0.705. The SMILES string of the molecule is CN1C(c2cccc(C(F)(F)F)c2)=CNC1C1CCC(NC=O)CC1.Cc1ccon1. The average molecular weight is 436 g/mol. The Kier molecular flexibility index (Phi) is 7.25. The van der Waals surface area contributed by atoms with E-state index in [4.69, 9.17) is 0 Å². The van der Waals surface area contributed by atoms with Crippen molar-refractivity contribution in [1.82, 2.24) is 20.7 Å². The fraction of sp³-hybridized carbons (Fsp3) is 0.455. The molecule has 31 heavy (non-hydrogen) atoms. The van der Waals surface area contributed by atoms with Crippen LogP contribution < -0.4 is 10.6 Å². The number of nitrogens with one attached hydrogen (secondary N) is 2.